The standard InChI is InChI=1S/C12H18BrN3O3S/c1-3-4-5-15-12(17)16-20(18,19)11-7-10(14)9(13)6-8(11)2/h6-7H,3-5,14H2,1-2H3,(H2,15,16,17). The number of amides is 2. The second-order valence-electron chi connectivity index (χ2n) is 4.35. The zero-order valence-electron chi connectivity index (χ0n) is 11.4. The molecule has 4 N–H and O–H groups in total. The molecule has 0 aromatic heterocycles. The fraction of sp³-hybridized carbons (Fsp3) is 0.417. The van der Waals surface area contributed by atoms with E-state index in [0.29, 0.717) is 22.3 Å². The number of halogens is 1. The van der Waals surface area contributed by atoms with Gasteiger partial charge < -0.3 is 11.1 Å². The Morgan fingerprint density at radius 2 is 2.05 bits per heavy atom. The summed E-state index contributed by atoms with van der Waals surface area (Å²) in [7, 11) is -3.93. The van der Waals surface area contributed by atoms with Crippen LogP contribution in [0, 0.1) is 6.92 Å². The predicted molar refractivity (Wildman–Crippen MR) is 81.9 cm³/mol. The molecule has 0 aliphatic heterocycles. The number of unbranched alkanes of at least 4 members (excludes halogenated alkanes) is 1. The maximum Gasteiger partial charge on any atom is 0.328 e. The lowest BCUT2D eigenvalue weighted by Crippen LogP contribution is -2.40. The highest BCUT2D eigenvalue weighted by atomic mass is 79.9. The van der Waals surface area contributed by atoms with Gasteiger partial charge in [0, 0.05) is 16.7 Å². The molecule has 0 saturated carbocycles. The highest BCUT2D eigenvalue weighted by Crippen LogP contribution is 2.26. The summed E-state index contributed by atoms with van der Waals surface area (Å²) in [6, 6.07) is 2.18. The normalized spacial score (nSPS) is 11.2. The quantitative estimate of drug-likeness (QED) is 0.550. The largest absolute Gasteiger partial charge is 0.398 e. The van der Waals surface area contributed by atoms with E-state index in [1.54, 1.807) is 13.0 Å². The van der Waals surface area contributed by atoms with Crippen LogP contribution in [0.2, 0.25) is 0 Å². The van der Waals surface area contributed by atoms with Gasteiger partial charge in [-0.2, -0.15) is 0 Å². The third kappa shape index (κ3) is 4.38. The number of nitrogens with one attached hydrogen (secondary N) is 2. The smallest absolute Gasteiger partial charge is 0.328 e. The van der Waals surface area contributed by atoms with Crippen LogP contribution in [0.15, 0.2) is 21.5 Å². The topological polar surface area (TPSA) is 101 Å². The molecule has 0 spiro atoms. The molecule has 0 unspecified atom stereocenters. The van der Waals surface area contributed by atoms with Gasteiger partial charge in [0.2, 0.25) is 0 Å². The summed E-state index contributed by atoms with van der Waals surface area (Å²) < 4.78 is 26.8. The molecule has 8 heteroatoms. The van der Waals surface area contributed by atoms with Crippen molar-refractivity contribution in [3.05, 3.63) is 22.2 Å². The summed E-state index contributed by atoms with van der Waals surface area (Å²) in [5, 5.41) is 2.49. The molecule has 1 rings (SSSR count). The number of nitrogens with two attached hydrogens (primary N) is 1. The molecule has 0 bridgehead atoms. The fourth-order valence-electron chi connectivity index (χ4n) is 1.55. The first-order chi connectivity index (χ1) is 9.27. The SMILES string of the molecule is CCCCNC(=O)NS(=O)(=O)c1cc(N)c(Br)cc1C. The molecule has 0 fully saturated rings. The Kier molecular flexibility index (Phi) is 5.82. The number of hydrogen-bond donors (Lipinski definition) is 3. The average Bonchev–Trinajstić information content (AvgIpc) is 2.33. The van der Waals surface area contributed by atoms with Gasteiger partial charge in [-0.3, -0.25) is 0 Å². The summed E-state index contributed by atoms with van der Waals surface area (Å²) in [5.74, 6) is 0. The zero-order valence-corrected chi connectivity index (χ0v) is 13.8. The zero-order chi connectivity index (χ0) is 15.3. The number of carbonyl (C=O) groups excluding carboxylic acids is 1. The van der Waals surface area contributed by atoms with Gasteiger partial charge in [-0.15, -0.1) is 0 Å². The van der Waals surface area contributed by atoms with E-state index >= 15 is 0 Å². The molecule has 0 heterocycles. The molecule has 0 radical (unpaired) electrons. The number of hydrogen-bond acceptors (Lipinski definition) is 4. The van der Waals surface area contributed by atoms with E-state index in [0.717, 1.165) is 12.8 Å². The average molecular weight is 364 g/mol. The summed E-state index contributed by atoms with van der Waals surface area (Å²) in [4.78, 5) is 11.5. The van der Waals surface area contributed by atoms with Crippen LogP contribution in [-0.4, -0.2) is 21.0 Å². The number of carbonyl (C=O) groups is 1. The third-order valence-electron chi connectivity index (χ3n) is 2.63. The molecule has 6 nitrogen and oxygen atoms in total. The highest BCUT2D eigenvalue weighted by Gasteiger charge is 2.20. The minimum absolute atomic E-state index is 0.0103. The van der Waals surface area contributed by atoms with E-state index in [4.69, 9.17) is 5.73 Å². The van der Waals surface area contributed by atoms with Gasteiger partial charge >= 0.3 is 6.03 Å². The van der Waals surface area contributed by atoms with Crippen LogP contribution in [0.5, 0.6) is 0 Å². The van der Waals surface area contributed by atoms with E-state index in [1.165, 1.54) is 6.07 Å². The van der Waals surface area contributed by atoms with Gasteiger partial charge in [0.25, 0.3) is 10.0 Å². The summed E-state index contributed by atoms with van der Waals surface area (Å²) in [6.45, 7) is 4.04. The van der Waals surface area contributed by atoms with Gasteiger partial charge in [0.1, 0.15) is 0 Å². The first-order valence-corrected chi connectivity index (χ1v) is 8.41. The molecule has 0 aliphatic carbocycles. The van der Waals surface area contributed by atoms with E-state index in [1.807, 2.05) is 11.6 Å². The van der Waals surface area contributed by atoms with Gasteiger partial charge in [-0.05, 0) is 47.0 Å². The van der Waals surface area contributed by atoms with Gasteiger partial charge in [0.15, 0.2) is 0 Å². The molecule has 0 aliphatic rings. The Morgan fingerprint density at radius 3 is 2.65 bits per heavy atom. The molecule has 20 heavy (non-hydrogen) atoms. The van der Waals surface area contributed by atoms with Crippen LogP contribution in [0.1, 0.15) is 25.3 Å². The number of anilines is 1. The van der Waals surface area contributed by atoms with Crippen LogP contribution in [0.25, 0.3) is 0 Å². The van der Waals surface area contributed by atoms with E-state index in [2.05, 4.69) is 21.2 Å². The van der Waals surface area contributed by atoms with Crippen LogP contribution >= 0.6 is 15.9 Å². The minimum Gasteiger partial charge on any atom is -0.398 e. The summed E-state index contributed by atoms with van der Waals surface area (Å²) in [5.41, 5.74) is 6.47. The van der Waals surface area contributed by atoms with Crippen molar-refractivity contribution in [2.45, 2.75) is 31.6 Å². The van der Waals surface area contributed by atoms with Gasteiger partial charge in [-0.1, -0.05) is 13.3 Å². The molecule has 0 saturated heterocycles. The second kappa shape index (κ2) is 6.94. The van der Waals surface area contributed by atoms with Crippen molar-refractivity contribution in [3.8, 4) is 0 Å². The number of rotatable bonds is 5. The Hall–Kier alpha value is -1.28. The summed E-state index contributed by atoms with van der Waals surface area (Å²) in [6.07, 6.45) is 1.70. The Labute approximate surface area is 127 Å². The van der Waals surface area contributed by atoms with E-state index < -0.39 is 16.1 Å². The lowest BCUT2D eigenvalue weighted by Gasteiger charge is -2.11. The molecule has 112 valence electrons. The monoisotopic (exact) mass is 363 g/mol. The van der Waals surface area contributed by atoms with Crippen molar-refractivity contribution in [3.63, 3.8) is 0 Å². The predicted octanol–water partition coefficient (Wildman–Crippen LogP) is 2.13. The minimum atomic E-state index is -3.93. The number of sulfonamides is 1. The fourth-order valence-corrected chi connectivity index (χ4v) is 3.20. The maximum absolute atomic E-state index is 12.1. The Bertz CT molecular complexity index is 602. The molecule has 2 amide bonds. The van der Waals surface area contributed by atoms with Crippen LogP contribution < -0.4 is 15.8 Å². The second-order valence-corrected chi connectivity index (χ2v) is 6.86. The lowest BCUT2D eigenvalue weighted by atomic mass is 10.2. The maximum atomic E-state index is 12.1. The number of aryl methyl sites for hydroxylation is 1. The van der Waals surface area contributed by atoms with Crippen LogP contribution in [0.3, 0.4) is 0 Å². The Morgan fingerprint density at radius 1 is 1.40 bits per heavy atom. The van der Waals surface area contributed by atoms with Crippen LogP contribution in [0.4, 0.5) is 10.5 Å². The Balaban J connectivity index is 2.89. The van der Waals surface area contributed by atoms with Crippen LogP contribution in [-0.2, 0) is 10.0 Å². The molecular weight excluding hydrogens is 346 g/mol. The molecular formula is C12H18BrN3O3S. The first-order valence-electron chi connectivity index (χ1n) is 6.14. The van der Waals surface area contributed by atoms with Crippen molar-refractivity contribution in [1.29, 1.82) is 0 Å². The third-order valence-corrected chi connectivity index (χ3v) is 4.79. The van der Waals surface area contributed by atoms with E-state index in [9.17, 15) is 13.2 Å². The lowest BCUT2D eigenvalue weighted by molar-refractivity contribution is 0.245. The van der Waals surface area contributed by atoms with E-state index in [-0.39, 0.29) is 4.90 Å². The summed E-state index contributed by atoms with van der Waals surface area (Å²) >= 11 is 3.22. The molecule has 1 aromatic carbocycles. The van der Waals surface area contributed by atoms with Crippen molar-refractivity contribution in [2.24, 2.45) is 0 Å². The highest BCUT2D eigenvalue weighted by molar-refractivity contribution is 9.10. The van der Waals surface area contributed by atoms with Crippen molar-refractivity contribution < 1.29 is 13.2 Å². The molecule has 0 atom stereocenters. The number of urea groups is 1. The first kappa shape index (κ1) is 16.8. The number of benzene rings is 1. The van der Waals surface area contributed by atoms with Crippen molar-refractivity contribution in [1.82, 2.24) is 10.0 Å². The van der Waals surface area contributed by atoms with Gasteiger partial charge in [0.05, 0.1) is 4.90 Å². The van der Waals surface area contributed by atoms with Crippen molar-refractivity contribution in [2.75, 3.05) is 12.3 Å². The molecule has 1 aromatic rings. The van der Waals surface area contributed by atoms with Crippen molar-refractivity contribution >= 4 is 37.7 Å². The number of nitrogen functional groups attached to an aromatic ring is 1. The van der Waals surface area contributed by atoms with Gasteiger partial charge in [-0.25, -0.2) is 17.9 Å².